The van der Waals surface area contributed by atoms with Crippen LogP contribution < -0.4 is 0 Å². The Bertz CT molecular complexity index is 975. The average molecular weight is 563 g/mol. The number of allylic oxidation sites excluding steroid dienone is 12. The Morgan fingerprint density at radius 2 is 1.02 bits per heavy atom. The monoisotopic (exact) mass is 563 g/mol. The van der Waals surface area contributed by atoms with Crippen molar-refractivity contribution in [2.45, 2.75) is 179 Å². The molecule has 0 aliphatic heterocycles. The molecule has 0 aromatic rings. The summed E-state index contributed by atoms with van der Waals surface area (Å²) in [6, 6.07) is 0. The van der Waals surface area contributed by atoms with Gasteiger partial charge >= 0.3 is 0 Å². The lowest BCUT2D eigenvalue weighted by Gasteiger charge is -2.35. The summed E-state index contributed by atoms with van der Waals surface area (Å²) < 4.78 is 0. The minimum atomic E-state index is 0.434. The van der Waals surface area contributed by atoms with E-state index in [4.69, 9.17) is 0 Å². The summed E-state index contributed by atoms with van der Waals surface area (Å²) in [6.07, 6.45) is 28.7. The fourth-order valence-corrected chi connectivity index (χ4v) is 7.03. The van der Waals surface area contributed by atoms with E-state index in [1.807, 2.05) is 0 Å². The van der Waals surface area contributed by atoms with Gasteiger partial charge in [-0.05, 0) is 156 Å². The van der Waals surface area contributed by atoms with E-state index in [0.29, 0.717) is 10.8 Å². The number of hydrogen-bond donors (Lipinski definition) is 0. The molecule has 0 atom stereocenters. The fourth-order valence-electron chi connectivity index (χ4n) is 7.03. The molecule has 0 N–H and O–H groups in total. The summed E-state index contributed by atoms with van der Waals surface area (Å²) in [6.45, 7) is 27.8. The van der Waals surface area contributed by atoms with Gasteiger partial charge in [0.05, 0.1) is 0 Å². The lowest BCUT2D eigenvalue weighted by Crippen LogP contribution is -2.20. The van der Waals surface area contributed by atoms with Crippen molar-refractivity contribution in [2.24, 2.45) is 10.8 Å². The van der Waals surface area contributed by atoms with Crippen LogP contribution in [0.2, 0.25) is 0 Å². The van der Waals surface area contributed by atoms with Gasteiger partial charge in [0.25, 0.3) is 0 Å². The fraction of sp³-hybridized carbons (Fsp3) is 0.707. The minimum absolute atomic E-state index is 0.434. The third-order valence-corrected chi connectivity index (χ3v) is 9.70. The van der Waals surface area contributed by atoms with Gasteiger partial charge in [0.15, 0.2) is 0 Å². The van der Waals surface area contributed by atoms with Crippen LogP contribution in [0.1, 0.15) is 179 Å². The van der Waals surface area contributed by atoms with Crippen LogP contribution in [0.25, 0.3) is 0 Å². The minimum Gasteiger partial charge on any atom is -0.0859 e. The Morgan fingerprint density at radius 3 is 1.51 bits per heavy atom. The first-order chi connectivity index (χ1) is 19.2. The first-order valence-electron chi connectivity index (χ1n) is 17.2. The molecule has 0 radical (unpaired) electrons. The molecular weight excluding hydrogens is 492 g/mol. The second kappa shape index (κ2) is 18.9. The molecule has 0 saturated heterocycles. The van der Waals surface area contributed by atoms with E-state index < -0.39 is 0 Å². The van der Waals surface area contributed by atoms with Crippen molar-refractivity contribution in [3.8, 4) is 0 Å². The Morgan fingerprint density at radius 1 is 0.585 bits per heavy atom. The lowest BCUT2D eigenvalue weighted by molar-refractivity contribution is 0.354. The van der Waals surface area contributed by atoms with E-state index in [1.165, 1.54) is 101 Å². The standard InChI is InChI=1S/C21H36.C20H34/c1-7-10-17(2)11-8-12-18(3)14-15-20-19(4)13-9-16-21(20,5)6;1-16(2)10-7-11-17(3)12-8-14-19-18(4)13-9-15-20(19,5)6/h10,12H,7-9,11,13-16H2,1-6H3;10,12H,7-9,11,13-15H2,1-6H3/b17-10+,18-12+;17-12+. The van der Waals surface area contributed by atoms with Crippen molar-refractivity contribution in [3.63, 3.8) is 0 Å². The zero-order chi connectivity index (χ0) is 31.1. The van der Waals surface area contributed by atoms with Crippen molar-refractivity contribution >= 4 is 0 Å². The van der Waals surface area contributed by atoms with Crippen LogP contribution >= 0.6 is 0 Å². The summed E-state index contributed by atoms with van der Waals surface area (Å²) in [5.74, 6) is 0. The van der Waals surface area contributed by atoms with Crippen molar-refractivity contribution in [1.82, 2.24) is 0 Å². The summed E-state index contributed by atoms with van der Waals surface area (Å²) in [4.78, 5) is 0. The van der Waals surface area contributed by atoms with E-state index in [1.54, 1.807) is 33.4 Å². The topological polar surface area (TPSA) is 0 Å². The maximum absolute atomic E-state index is 2.46. The van der Waals surface area contributed by atoms with E-state index in [-0.39, 0.29) is 0 Å². The van der Waals surface area contributed by atoms with Gasteiger partial charge in [-0.3, -0.25) is 0 Å². The zero-order valence-electron chi connectivity index (χ0n) is 29.9. The summed E-state index contributed by atoms with van der Waals surface area (Å²) >= 11 is 0. The van der Waals surface area contributed by atoms with Gasteiger partial charge in [-0.1, -0.05) is 104 Å². The van der Waals surface area contributed by atoms with Crippen molar-refractivity contribution in [2.75, 3.05) is 0 Å². The summed E-state index contributed by atoms with van der Waals surface area (Å²) in [7, 11) is 0. The van der Waals surface area contributed by atoms with E-state index in [2.05, 4.69) is 107 Å². The van der Waals surface area contributed by atoms with Crippen molar-refractivity contribution in [3.05, 3.63) is 68.9 Å². The molecule has 0 unspecified atom stereocenters. The molecule has 0 heteroatoms. The molecule has 2 aliphatic rings. The molecule has 2 aliphatic carbocycles. The predicted octanol–water partition coefficient (Wildman–Crippen LogP) is 14.4. The highest BCUT2D eigenvalue weighted by molar-refractivity contribution is 5.24. The highest BCUT2D eigenvalue weighted by Crippen LogP contribution is 2.43. The summed E-state index contributed by atoms with van der Waals surface area (Å²) in [5, 5.41) is 0. The third-order valence-electron chi connectivity index (χ3n) is 9.70. The highest BCUT2D eigenvalue weighted by atomic mass is 14.3. The Hall–Kier alpha value is -1.56. The molecule has 0 spiro atoms. The van der Waals surface area contributed by atoms with Gasteiger partial charge in [0.2, 0.25) is 0 Å². The third kappa shape index (κ3) is 14.9. The smallest absolute Gasteiger partial charge is 0.0142 e. The summed E-state index contributed by atoms with van der Waals surface area (Å²) in [5.41, 5.74) is 13.8. The molecule has 2 rings (SSSR count). The average Bonchev–Trinajstić information content (AvgIpc) is 2.85. The van der Waals surface area contributed by atoms with E-state index in [0.717, 1.165) is 6.42 Å². The molecular formula is C41H70. The maximum Gasteiger partial charge on any atom is -0.0142 e. The Kier molecular flexibility index (Phi) is 17.2. The van der Waals surface area contributed by atoms with Crippen LogP contribution in [-0.2, 0) is 0 Å². The zero-order valence-corrected chi connectivity index (χ0v) is 29.9. The van der Waals surface area contributed by atoms with E-state index in [9.17, 15) is 0 Å². The molecule has 0 aromatic heterocycles. The molecule has 234 valence electrons. The highest BCUT2D eigenvalue weighted by Gasteiger charge is 2.28. The molecule has 41 heavy (non-hydrogen) atoms. The van der Waals surface area contributed by atoms with Crippen LogP contribution in [0.15, 0.2) is 68.9 Å². The van der Waals surface area contributed by atoms with Crippen molar-refractivity contribution in [1.29, 1.82) is 0 Å². The molecule has 0 saturated carbocycles. The molecule has 0 bridgehead atoms. The van der Waals surface area contributed by atoms with Crippen LogP contribution in [-0.4, -0.2) is 0 Å². The Labute approximate surface area is 258 Å². The van der Waals surface area contributed by atoms with Crippen LogP contribution in [0.3, 0.4) is 0 Å². The van der Waals surface area contributed by atoms with Gasteiger partial charge in [-0.25, -0.2) is 0 Å². The second-order valence-corrected chi connectivity index (χ2v) is 14.9. The Balaban J connectivity index is 0.000000410. The lowest BCUT2D eigenvalue weighted by atomic mass is 9.71. The molecule has 0 heterocycles. The maximum atomic E-state index is 2.46. The second-order valence-electron chi connectivity index (χ2n) is 14.9. The first-order valence-corrected chi connectivity index (χ1v) is 17.2. The van der Waals surface area contributed by atoms with Crippen LogP contribution in [0.5, 0.6) is 0 Å². The number of hydrogen-bond acceptors (Lipinski definition) is 0. The quantitative estimate of drug-likeness (QED) is 0.196. The van der Waals surface area contributed by atoms with Gasteiger partial charge in [-0.15, -0.1) is 0 Å². The van der Waals surface area contributed by atoms with Crippen LogP contribution in [0, 0.1) is 10.8 Å². The molecule has 0 amide bonds. The molecule has 0 nitrogen and oxygen atoms in total. The molecule has 0 fully saturated rings. The SMILES string of the molecule is CC(C)=CCC/C(C)=C/CCC1=C(C)CCCC1(C)C.CC/C=C(\C)CC/C=C(\C)CCC1=C(C)CCCC1(C)C. The van der Waals surface area contributed by atoms with Gasteiger partial charge in [-0.2, -0.15) is 0 Å². The van der Waals surface area contributed by atoms with Gasteiger partial charge in [0, 0.05) is 0 Å². The van der Waals surface area contributed by atoms with Gasteiger partial charge < -0.3 is 0 Å². The first kappa shape index (κ1) is 37.5. The van der Waals surface area contributed by atoms with Crippen LogP contribution in [0.4, 0.5) is 0 Å². The normalized spacial score (nSPS) is 19.7. The molecule has 0 aromatic carbocycles. The largest absolute Gasteiger partial charge is 0.0859 e. The number of rotatable bonds is 13. The van der Waals surface area contributed by atoms with E-state index >= 15 is 0 Å². The predicted molar refractivity (Wildman–Crippen MR) is 189 cm³/mol. The van der Waals surface area contributed by atoms with Gasteiger partial charge in [0.1, 0.15) is 0 Å². The van der Waals surface area contributed by atoms with Crippen molar-refractivity contribution < 1.29 is 0 Å².